The minimum Gasteiger partial charge on any atom is -0.430 e. The standard InChI is InChI=1S/C5H5FO2/c1-3-8-5(7)4(2)6/h3H,1-2H2. The van der Waals surface area contributed by atoms with Gasteiger partial charge in [-0.1, -0.05) is 13.2 Å². The van der Waals surface area contributed by atoms with Crippen LogP contribution in [0.2, 0.25) is 0 Å². The third kappa shape index (κ3) is 2.12. The summed E-state index contributed by atoms with van der Waals surface area (Å²) in [5.74, 6) is -2.22. The maximum atomic E-state index is 11.6. The average Bonchev–Trinajstić information content (AvgIpc) is 1.67. The molecule has 0 radical (unpaired) electrons. The Labute approximate surface area is 46.3 Å². The SMILES string of the molecule is C=COC(=O)C(=C)F. The molecule has 0 atom stereocenters. The Balaban J connectivity index is 3.65. The van der Waals surface area contributed by atoms with Crippen molar-refractivity contribution in [2.24, 2.45) is 0 Å². The van der Waals surface area contributed by atoms with Crippen molar-refractivity contribution in [3.63, 3.8) is 0 Å². The number of carbonyl (C=O) groups excluding carboxylic acids is 1. The van der Waals surface area contributed by atoms with Gasteiger partial charge >= 0.3 is 5.97 Å². The first-order chi connectivity index (χ1) is 3.68. The maximum Gasteiger partial charge on any atom is 0.371 e. The van der Waals surface area contributed by atoms with Crippen LogP contribution in [0.3, 0.4) is 0 Å². The summed E-state index contributed by atoms with van der Waals surface area (Å²) in [6.07, 6.45) is 0.840. The Bertz CT molecular complexity index is 128. The van der Waals surface area contributed by atoms with Gasteiger partial charge in [0.2, 0.25) is 5.83 Å². The van der Waals surface area contributed by atoms with E-state index in [9.17, 15) is 9.18 Å². The number of carbonyl (C=O) groups is 1. The quantitative estimate of drug-likeness (QED) is 0.307. The molecule has 0 aliphatic heterocycles. The Morgan fingerprint density at radius 2 is 2.25 bits per heavy atom. The van der Waals surface area contributed by atoms with Crippen molar-refractivity contribution in [1.82, 2.24) is 0 Å². The molecule has 0 saturated carbocycles. The van der Waals surface area contributed by atoms with Crippen molar-refractivity contribution in [3.05, 3.63) is 25.2 Å². The van der Waals surface area contributed by atoms with Crippen LogP contribution in [0.25, 0.3) is 0 Å². The van der Waals surface area contributed by atoms with E-state index in [1.165, 1.54) is 0 Å². The normalized spacial score (nSPS) is 7.62. The Morgan fingerprint density at radius 1 is 1.75 bits per heavy atom. The molecular formula is C5H5FO2. The van der Waals surface area contributed by atoms with Crippen molar-refractivity contribution in [2.45, 2.75) is 0 Å². The Hall–Kier alpha value is -1.12. The fourth-order valence-electron chi connectivity index (χ4n) is 0.140. The van der Waals surface area contributed by atoms with Crippen LogP contribution in [-0.4, -0.2) is 5.97 Å². The van der Waals surface area contributed by atoms with E-state index >= 15 is 0 Å². The van der Waals surface area contributed by atoms with Gasteiger partial charge in [-0.2, -0.15) is 4.39 Å². The van der Waals surface area contributed by atoms with Crippen LogP contribution in [-0.2, 0) is 9.53 Å². The van der Waals surface area contributed by atoms with E-state index in [1.54, 1.807) is 0 Å². The molecular weight excluding hydrogens is 111 g/mol. The number of rotatable bonds is 2. The van der Waals surface area contributed by atoms with Gasteiger partial charge in [-0.15, -0.1) is 0 Å². The van der Waals surface area contributed by atoms with Crippen molar-refractivity contribution in [3.8, 4) is 0 Å². The second kappa shape index (κ2) is 2.96. The van der Waals surface area contributed by atoms with Crippen LogP contribution in [0.4, 0.5) is 4.39 Å². The van der Waals surface area contributed by atoms with Crippen LogP contribution in [0.5, 0.6) is 0 Å². The van der Waals surface area contributed by atoms with Crippen molar-refractivity contribution < 1.29 is 13.9 Å². The summed E-state index contributed by atoms with van der Waals surface area (Å²) in [5, 5.41) is 0. The number of halogens is 1. The largest absolute Gasteiger partial charge is 0.430 e. The van der Waals surface area contributed by atoms with Crippen LogP contribution in [0.15, 0.2) is 25.2 Å². The second-order valence-corrected chi connectivity index (χ2v) is 0.977. The molecule has 0 aliphatic rings. The monoisotopic (exact) mass is 116 g/mol. The number of hydrogen-bond donors (Lipinski definition) is 0. The zero-order chi connectivity index (χ0) is 6.57. The zero-order valence-electron chi connectivity index (χ0n) is 4.19. The fraction of sp³-hybridized carbons (Fsp3) is 0. The molecule has 0 spiro atoms. The van der Waals surface area contributed by atoms with Gasteiger partial charge in [-0.05, 0) is 0 Å². The average molecular weight is 116 g/mol. The van der Waals surface area contributed by atoms with Crippen LogP contribution in [0, 0.1) is 0 Å². The zero-order valence-corrected chi connectivity index (χ0v) is 4.19. The van der Waals surface area contributed by atoms with Gasteiger partial charge in [0.1, 0.15) is 0 Å². The molecule has 0 aromatic heterocycles. The first-order valence-corrected chi connectivity index (χ1v) is 1.84. The molecule has 3 heteroatoms. The number of ether oxygens (including phenoxy) is 1. The van der Waals surface area contributed by atoms with Crippen molar-refractivity contribution in [1.29, 1.82) is 0 Å². The highest BCUT2D eigenvalue weighted by atomic mass is 19.1. The lowest BCUT2D eigenvalue weighted by Gasteiger charge is -1.89. The molecule has 0 rings (SSSR count). The lowest BCUT2D eigenvalue weighted by atomic mass is 10.6. The summed E-state index contributed by atoms with van der Waals surface area (Å²) in [4.78, 5) is 9.97. The fourth-order valence-corrected chi connectivity index (χ4v) is 0.140. The van der Waals surface area contributed by atoms with Crippen LogP contribution in [0.1, 0.15) is 0 Å². The predicted octanol–water partition coefficient (Wildman–Crippen LogP) is 1.16. The second-order valence-electron chi connectivity index (χ2n) is 0.977. The van der Waals surface area contributed by atoms with Gasteiger partial charge in [0, 0.05) is 0 Å². The molecule has 44 valence electrons. The highest BCUT2D eigenvalue weighted by molar-refractivity contribution is 5.85. The van der Waals surface area contributed by atoms with E-state index in [1.807, 2.05) is 0 Å². The smallest absolute Gasteiger partial charge is 0.371 e. The molecule has 8 heavy (non-hydrogen) atoms. The highest BCUT2D eigenvalue weighted by Crippen LogP contribution is 1.93. The first kappa shape index (κ1) is 6.88. The molecule has 0 N–H and O–H groups in total. The Kier molecular flexibility index (Phi) is 2.54. The molecule has 0 unspecified atom stereocenters. The van der Waals surface area contributed by atoms with E-state index in [0.29, 0.717) is 0 Å². The third-order valence-corrected chi connectivity index (χ3v) is 0.412. The lowest BCUT2D eigenvalue weighted by Crippen LogP contribution is -1.97. The van der Waals surface area contributed by atoms with Gasteiger partial charge in [0.25, 0.3) is 0 Å². The molecule has 0 fully saturated rings. The molecule has 0 aromatic carbocycles. The predicted molar refractivity (Wildman–Crippen MR) is 26.5 cm³/mol. The Morgan fingerprint density at radius 3 is 2.38 bits per heavy atom. The van der Waals surface area contributed by atoms with E-state index < -0.39 is 11.8 Å². The topological polar surface area (TPSA) is 26.3 Å². The minimum atomic E-state index is -1.12. The summed E-state index contributed by atoms with van der Waals surface area (Å²) in [7, 11) is 0. The number of esters is 1. The minimum absolute atomic E-state index is 0.840. The van der Waals surface area contributed by atoms with Gasteiger partial charge in [0.15, 0.2) is 0 Å². The molecule has 2 nitrogen and oxygen atoms in total. The van der Waals surface area contributed by atoms with Gasteiger partial charge in [-0.25, -0.2) is 4.79 Å². The summed E-state index contributed by atoms with van der Waals surface area (Å²) in [5.41, 5.74) is 0. The maximum absolute atomic E-state index is 11.6. The summed E-state index contributed by atoms with van der Waals surface area (Å²) in [6.45, 7) is 5.72. The van der Waals surface area contributed by atoms with Crippen LogP contribution < -0.4 is 0 Å². The van der Waals surface area contributed by atoms with E-state index in [4.69, 9.17) is 0 Å². The molecule has 0 heterocycles. The molecule has 0 amide bonds. The van der Waals surface area contributed by atoms with Crippen molar-refractivity contribution in [2.75, 3.05) is 0 Å². The van der Waals surface area contributed by atoms with Gasteiger partial charge < -0.3 is 4.74 Å². The van der Waals surface area contributed by atoms with Gasteiger partial charge in [0.05, 0.1) is 6.26 Å². The first-order valence-electron chi connectivity index (χ1n) is 1.84. The third-order valence-electron chi connectivity index (χ3n) is 0.412. The van der Waals surface area contributed by atoms with E-state index in [-0.39, 0.29) is 0 Å². The summed E-state index contributed by atoms with van der Waals surface area (Å²) >= 11 is 0. The summed E-state index contributed by atoms with van der Waals surface area (Å²) in [6, 6.07) is 0. The van der Waals surface area contributed by atoms with E-state index in [2.05, 4.69) is 17.9 Å². The van der Waals surface area contributed by atoms with Gasteiger partial charge in [-0.3, -0.25) is 0 Å². The molecule has 0 aromatic rings. The van der Waals surface area contributed by atoms with E-state index in [0.717, 1.165) is 6.26 Å². The van der Waals surface area contributed by atoms with Crippen molar-refractivity contribution >= 4 is 5.97 Å². The molecule has 0 bridgehead atoms. The highest BCUT2D eigenvalue weighted by Gasteiger charge is 2.02. The van der Waals surface area contributed by atoms with Crippen LogP contribution >= 0.6 is 0 Å². The summed E-state index contributed by atoms with van der Waals surface area (Å²) < 4.78 is 15.5. The lowest BCUT2D eigenvalue weighted by molar-refractivity contribution is -0.135. The molecule has 0 saturated heterocycles. The molecule has 0 aliphatic carbocycles. The number of hydrogen-bond acceptors (Lipinski definition) is 2.